The Morgan fingerprint density at radius 2 is 1.63 bits per heavy atom. The van der Waals surface area contributed by atoms with Gasteiger partial charge in [0.15, 0.2) is 0 Å². The number of halogens is 6. The Hall–Kier alpha value is -1.73. The van der Waals surface area contributed by atoms with Gasteiger partial charge in [-0.05, 0) is 24.1 Å². The van der Waals surface area contributed by atoms with Crippen molar-refractivity contribution >= 4 is 5.97 Å². The molecule has 1 rings (SSSR count). The summed E-state index contributed by atoms with van der Waals surface area (Å²) in [5.41, 5.74) is -4.82. The van der Waals surface area contributed by atoms with Crippen molar-refractivity contribution < 1.29 is 36.2 Å². The standard InChI is InChI=1S/C11H8F6O2/c1-5-2-3-7(10(12,13)14)6(4-8(18)19)9(5)11(15,16)17/h2-3H,4H2,1H3,(H,18,19). The van der Waals surface area contributed by atoms with E-state index in [2.05, 4.69) is 0 Å². The molecule has 8 heteroatoms. The highest BCUT2D eigenvalue weighted by atomic mass is 19.4. The topological polar surface area (TPSA) is 37.3 Å². The number of hydrogen-bond acceptors (Lipinski definition) is 1. The fourth-order valence-corrected chi connectivity index (χ4v) is 1.76. The molecular weight excluding hydrogens is 278 g/mol. The Balaban J connectivity index is 3.65. The zero-order valence-electron chi connectivity index (χ0n) is 9.49. The van der Waals surface area contributed by atoms with Crippen molar-refractivity contribution in [2.24, 2.45) is 0 Å². The number of carboxylic acid groups (broad SMARTS) is 1. The van der Waals surface area contributed by atoms with Crippen molar-refractivity contribution in [3.8, 4) is 0 Å². The summed E-state index contributed by atoms with van der Waals surface area (Å²) in [5, 5.41) is 8.50. The van der Waals surface area contributed by atoms with E-state index in [9.17, 15) is 31.1 Å². The molecule has 0 aliphatic rings. The van der Waals surface area contributed by atoms with E-state index in [4.69, 9.17) is 5.11 Å². The molecular formula is C11H8F6O2. The summed E-state index contributed by atoms with van der Waals surface area (Å²) >= 11 is 0. The van der Waals surface area contributed by atoms with Crippen LogP contribution in [-0.2, 0) is 23.6 Å². The highest BCUT2D eigenvalue weighted by Gasteiger charge is 2.42. The fraction of sp³-hybridized carbons (Fsp3) is 0.364. The Morgan fingerprint density at radius 1 is 1.11 bits per heavy atom. The first kappa shape index (κ1) is 15.3. The summed E-state index contributed by atoms with van der Waals surface area (Å²) in [6.07, 6.45) is -11.4. The molecule has 0 saturated carbocycles. The minimum absolute atomic E-state index is 0.447. The van der Waals surface area contributed by atoms with Crippen LogP contribution in [0, 0.1) is 6.92 Å². The average Bonchev–Trinajstić information content (AvgIpc) is 2.11. The van der Waals surface area contributed by atoms with Crippen molar-refractivity contribution in [1.29, 1.82) is 0 Å². The van der Waals surface area contributed by atoms with Crippen LogP contribution in [0.1, 0.15) is 22.3 Å². The van der Waals surface area contributed by atoms with E-state index >= 15 is 0 Å². The minimum atomic E-state index is -5.05. The summed E-state index contributed by atoms with van der Waals surface area (Å²) in [4.78, 5) is 10.5. The molecule has 0 heterocycles. The van der Waals surface area contributed by atoms with E-state index in [0.29, 0.717) is 12.1 Å². The lowest BCUT2D eigenvalue weighted by Gasteiger charge is -2.19. The van der Waals surface area contributed by atoms with Crippen LogP contribution in [0.3, 0.4) is 0 Å². The van der Waals surface area contributed by atoms with Gasteiger partial charge in [-0.25, -0.2) is 0 Å². The number of carboxylic acids is 1. The predicted octanol–water partition coefficient (Wildman–Crippen LogP) is 3.66. The number of hydrogen-bond donors (Lipinski definition) is 1. The first-order valence-electron chi connectivity index (χ1n) is 4.93. The Kier molecular flexibility index (Phi) is 3.83. The largest absolute Gasteiger partial charge is 0.481 e. The molecule has 2 nitrogen and oxygen atoms in total. The zero-order chi connectivity index (χ0) is 15.0. The normalized spacial score (nSPS) is 12.6. The number of aryl methyl sites for hydroxylation is 1. The molecule has 0 aliphatic heterocycles. The second-order valence-corrected chi connectivity index (χ2v) is 3.85. The Morgan fingerprint density at radius 3 is 2.00 bits per heavy atom. The van der Waals surface area contributed by atoms with E-state index in [1.165, 1.54) is 0 Å². The second kappa shape index (κ2) is 4.75. The SMILES string of the molecule is Cc1ccc(C(F)(F)F)c(CC(=O)O)c1C(F)(F)F. The Labute approximate surface area is 103 Å². The van der Waals surface area contributed by atoms with E-state index in [1.54, 1.807) is 0 Å². The summed E-state index contributed by atoms with van der Waals surface area (Å²) < 4.78 is 76.2. The number of aliphatic carboxylic acids is 1. The lowest BCUT2D eigenvalue weighted by Crippen LogP contribution is -2.20. The van der Waals surface area contributed by atoms with Gasteiger partial charge in [0.05, 0.1) is 17.5 Å². The van der Waals surface area contributed by atoms with Crippen molar-refractivity contribution in [3.63, 3.8) is 0 Å². The quantitative estimate of drug-likeness (QED) is 0.842. The van der Waals surface area contributed by atoms with Crippen molar-refractivity contribution in [2.75, 3.05) is 0 Å². The first-order valence-corrected chi connectivity index (χ1v) is 4.93. The van der Waals surface area contributed by atoms with Crippen LogP contribution in [0.15, 0.2) is 12.1 Å². The van der Waals surface area contributed by atoms with Crippen molar-refractivity contribution in [2.45, 2.75) is 25.7 Å². The van der Waals surface area contributed by atoms with Gasteiger partial charge in [0, 0.05) is 0 Å². The molecule has 1 N–H and O–H groups in total. The molecule has 0 fully saturated rings. The maximum atomic E-state index is 12.8. The van der Waals surface area contributed by atoms with Crippen LogP contribution in [0.2, 0.25) is 0 Å². The number of alkyl halides is 6. The highest BCUT2D eigenvalue weighted by molar-refractivity contribution is 5.72. The molecule has 0 atom stereocenters. The van der Waals surface area contributed by atoms with Gasteiger partial charge < -0.3 is 5.11 Å². The van der Waals surface area contributed by atoms with Crippen LogP contribution in [0.5, 0.6) is 0 Å². The van der Waals surface area contributed by atoms with Crippen LogP contribution < -0.4 is 0 Å². The van der Waals surface area contributed by atoms with Crippen LogP contribution in [-0.4, -0.2) is 11.1 Å². The molecule has 1 aromatic carbocycles. The van der Waals surface area contributed by atoms with Crippen LogP contribution >= 0.6 is 0 Å². The van der Waals surface area contributed by atoms with Gasteiger partial charge in [-0.3, -0.25) is 4.79 Å². The lowest BCUT2D eigenvalue weighted by atomic mass is 9.93. The molecule has 106 valence electrons. The third-order valence-corrected chi connectivity index (χ3v) is 2.44. The molecule has 19 heavy (non-hydrogen) atoms. The van der Waals surface area contributed by atoms with Gasteiger partial charge in [-0.2, -0.15) is 26.3 Å². The molecule has 0 saturated heterocycles. The van der Waals surface area contributed by atoms with Crippen LogP contribution in [0.25, 0.3) is 0 Å². The average molecular weight is 286 g/mol. The fourth-order valence-electron chi connectivity index (χ4n) is 1.76. The third-order valence-electron chi connectivity index (χ3n) is 2.44. The smallest absolute Gasteiger partial charge is 0.416 e. The predicted molar refractivity (Wildman–Crippen MR) is 52.5 cm³/mol. The van der Waals surface area contributed by atoms with Crippen LogP contribution in [0.4, 0.5) is 26.3 Å². The summed E-state index contributed by atoms with van der Waals surface area (Å²) in [6, 6.07) is 1.14. The van der Waals surface area contributed by atoms with Gasteiger partial charge in [0.25, 0.3) is 0 Å². The molecule has 0 aliphatic carbocycles. The molecule has 0 aromatic heterocycles. The molecule has 1 aromatic rings. The number of benzene rings is 1. The Bertz CT molecular complexity index is 501. The summed E-state index contributed by atoms with van der Waals surface area (Å²) in [6.45, 7) is 0.980. The lowest BCUT2D eigenvalue weighted by molar-refractivity contribution is -0.145. The number of carbonyl (C=O) groups is 1. The molecule has 0 amide bonds. The van der Waals surface area contributed by atoms with Gasteiger partial charge in [-0.15, -0.1) is 0 Å². The first-order chi connectivity index (χ1) is 8.44. The summed E-state index contributed by atoms with van der Waals surface area (Å²) in [5.74, 6) is -1.76. The molecule has 0 unspecified atom stereocenters. The monoisotopic (exact) mass is 286 g/mol. The van der Waals surface area contributed by atoms with Gasteiger partial charge in [-0.1, -0.05) is 6.07 Å². The summed E-state index contributed by atoms with van der Waals surface area (Å²) in [7, 11) is 0. The molecule has 0 bridgehead atoms. The van der Waals surface area contributed by atoms with E-state index in [0.717, 1.165) is 6.92 Å². The minimum Gasteiger partial charge on any atom is -0.481 e. The third kappa shape index (κ3) is 3.39. The molecule has 0 radical (unpaired) electrons. The highest BCUT2D eigenvalue weighted by Crippen LogP contribution is 2.41. The maximum Gasteiger partial charge on any atom is 0.416 e. The van der Waals surface area contributed by atoms with Gasteiger partial charge in [0.2, 0.25) is 0 Å². The molecule has 0 spiro atoms. The van der Waals surface area contributed by atoms with E-state index in [-0.39, 0.29) is 0 Å². The zero-order valence-corrected chi connectivity index (χ0v) is 9.49. The second-order valence-electron chi connectivity index (χ2n) is 3.85. The van der Waals surface area contributed by atoms with Gasteiger partial charge in [0.1, 0.15) is 0 Å². The van der Waals surface area contributed by atoms with Crippen molar-refractivity contribution in [1.82, 2.24) is 0 Å². The maximum absolute atomic E-state index is 12.8. The van der Waals surface area contributed by atoms with Crippen molar-refractivity contribution in [3.05, 3.63) is 34.4 Å². The van der Waals surface area contributed by atoms with E-state index < -0.39 is 47.0 Å². The number of rotatable bonds is 2. The van der Waals surface area contributed by atoms with Gasteiger partial charge >= 0.3 is 18.3 Å². The van der Waals surface area contributed by atoms with E-state index in [1.807, 2.05) is 0 Å².